The Balaban J connectivity index is 1.56. The minimum atomic E-state index is -1.23. The summed E-state index contributed by atoms with van der Waals surface area (Å²) in [6, 6.07) is 17.4. The highest BCUT2D eigenvalue weighted by molar-refractivity contribution is 6.10. The molecule has 8 nitrogen and oxygen atoms in total. The molecular formula is C25H25N3O5. The molecule has 0 aliphatic rings. The zero-order valence-corrected chi connectivity index (χ0v) is 18.4. The first-order chi connectivity index (χ1) is 16.0. The number of pyridine rings is 1. The molecule has 1 amide bonds. The van der Waals surface area contributed by atoms with E-state index in [4.69, 9.17) is 9.47 Å². The molecule has 0 saturated heterocycles. The van der Waals surface area contributed by atoms with E-state index in [1.807, 2.05) is 59.2 Å². The lowest BCUT2D eigenvalue weighted by molar-refractivity contribution is -0.150. The molecule has 170 valence electrons. The molecule has 8 heteroatoms. The van der Waals surface area contributed by atoms with Crippen LogP contribution in [0.4, 0.5) is 0 Å². The van der Waals surface area contributed by atoms with Crippen LogP contribution >= 0.6 is 0 Å². The third kappa shape index (κ3) is 4.72. The van der Waals surface area contributed by atoms with Crippen LogP contribution in [0.1, 0.15) is 23.0 Å². The third-order valence-corrected chi connectivity index (χ3v) is 5.40. The van der Waals surface area contributed by atoms with Gasteiger partial charge in [-0.1, -0.05) is 48.5 Å². The molecule has 0 fully saturated rings. The van der Waals surface area contributed by atoms with E-state index < -0.39 is 24.0 Å². The first-order valence-electron chi connectivity index (χ1n) is 10.5. The zero-order valence-electron chi connectivity index (χ0n) is 18.4. The summed E-state index contributed by atoms with van der Waals surface area (Å²) in [6.45, 7) is 1.81. The van der Waals surface area contributed by atoms with Crippen LogP contribution in [-0.4, -0.2) is 45.8 Å². The molecule has 0 aliphatic heterocycles. The van der Waals surface area contributed by atoms with Gasteiger partial charge in [0.2, 0.25) is 0 Å². The van der Waals surface area contributed by atoms with Crippen LogP contribution in [0.5, 0.6) is 0 Å². The Morgan fingerprint density at radius 1 is 1.06 bits per heavy atom. The number of aromatic nitrogens is 2. The normalized spacial score (nSPS) is 13.1. The van der Waals surface area contributed by atoms with Gasteiger partial charge >= 0.3 is 5.97 Å². The number of carbonyl (C=O) groups is 2. The van der Waals surface area contributed by atoms with E-state index in [0.29, 0.717) is 6.73 Å². The van der Waals surface area contributed by atoms with Crippen LogP contribution in [0.25, 0.3) is 21.8 Å². The van der Waals surface area contributed by atoms with Gasteiger partial charge in [0.05, 0.1) is 23.3 Å². The zero-order chi connectivity index (χ0) is 23.4. The van der Waals surface area contributed by atoms with Crippen molar-refractivity contribution >= 4 is 33.7 Å². The highest BCUT2D eigenvalue weighted by Crippen LogP contribution is 2.29. The molecule has 2 aromatic carbocycles. The van der Waals surface area contributed by atoms with Gasteiger partial charge in [-0.25, -0.2) is 9.78 Å². The van der Waals surface area contributed by atoms with E-state index in [9.17, 15) is 14.7 Å². The Bertz CT molecular complexity index is 1280. The Kier molecular flexibility index (Phi) is 6.67. The van der Waals surface area contributed by atoms with Gasteiger partial charge in [0.25, 0.3) is 5.91 Å². The van der Waals surface area contributed by atoms with Gasteiger partial charge in [-0.05, 0) is 24.6 Å². The number of nitrogens with zero attached hydrogens (tertiary/aromatic N) is 2. The Morgan fingerprint density at radius 2 is 1.79 bits per heavy atom. The number of nitrogens with one attached hydrogen (secondary N) is 1. The highest BCUT2D eigenvalue weighted by atomic mass is 16.5. The fourth-order valence-corrected chi connectivity index (χ4v) is 3.75. The molecule has 2 N–H and O–H groups in total. The van der Waals surface area contributed by atoms with Crippen LogP contribution < -0.4 is 5.32 Å². The molecule has 2 aromatic heterocycles. The Morgan fingerprint density at radius 3 is 2.52 bits per heavy atom. The van der Waals surface area contributed by atoms with E-state index in [1.165, 1.54) is 6.92 Å². The maximum absolute atomic E-state index is 12.9. The topological polar surface area (TPSA) is 103 Å². The van der Waals surface area contributed by atoms with Gasteiger partial charge in [0, 0.05) is 17.9 Å². The second-order valence-corrected chi connectivity index (χ2v) is 7.73. The maximum Gasteiger partial charge on any atom is 0.331 e. The number of ether oxygens (including phenoxy) is 2. The fraction of sp³-hybridized carbons (Fsp3) is 0.240. The monoisotopic (exact) mass is 447 g/mol. The summed E-state index contributed by atoms with van der Waals surface area (Å²) in [5.41, 5.74) is 2.72. The molecule has 4 rings (SSSR count). The number of esters is 1. The number of fused-ring (bicyclic) bond motifs is 3. The van der Waals surface area contributed by atoms with Gasteiger partial charge in [-0.2, -0.15) is 0 Å². The largest absolute Gasteiger partial charge is 0.459 e. The van der Waals surface area contributed by atoms with Crippen molar-refractivity contribution in [1.82, 2.24) is 14.9 Å². The second-order valence-electron chi connectivity index (χ2n) is 7.73. The van der Waals surface area contributed by atoms with E-state index in [1.54, 1.807) is 19.4 Å². The molecule has 0 spiro atoms. The van der Waals surface area contributed by atoms with Crippen molar-refractivity contribution in [3.8, 4) is 0 Å². The molecule has 2 heterocycles. The number of methoxy groups -OCH3 is 1. The van der Waals surface area contributed by atoms with Gasteiger partial charge in [0.1, 0.15) is 19.0 Å². The number of carbonyl (C=O) groups excluding carboxylic acids is 2. The average Bonchev–Trinajstić information content (AvgIpc) is 3.14. The van der Waals surface area contributed by atoms with E-state index in [2.05, 4.69) is 10.3 Å². The third-order valence-electron chi connectivity index (χ3n) is 5.40. The maximum atomic E-state index is 12.9. The van der Waals surface area contributed by atoms with Crippen molar-refractivity contribution in [1.29, 1.82) is 0 Å². The van der Waals surface area contributed by atoms with Gasteiger partial charge in [-0.15, -0.1) is 0 Å². The smallest absolute Gasteiger partial charge is 0.331 e. The van der Waals surface area contributed by atoms with Crippen LogP contribution in [0.15, 0.2) is 66.9 Å². The summed E-state index contributed by atoms with van der Waals surface area (Å²) < 4.78 is 12.6. The van der Waals surface area contributed by atoms with Crippen LogP contribution in [0, 0.1) is 0 Å². The van der Waals surface area contributed by atoms with Crippen LogP contribution in [0.3, 0.4) is 0 Å². The lowest BCUT2D eigenvalue weighted by Crippen LogP contribution is -2.48. The fourth-order valence-electron chi connectivity index (χ4n) is 3.75. The van der Waals surface area contributed by atoms with E-state index in [-0.39, 0.29) is 12.3 Å². The molecule has 2 atom stereocenters. The van der Waals surface area contributed by atoms with E-state index >= 15 is 0 Å². The highest BCUT2D eigenvalue weighted by Gasteiger charge is 2.28. The summed E-state index contributed by atoms with van der Waals surface area (Å²) in [5, 5.41) is 14.4. The standard InChI is InChI=1S/C25H25N3O5/c1-16(29)23(25(31)33-14-17-8-4-3-5-9-17)27-24(30)20-12-19-18-10-6-7-11-21(18)28(15-32-2)22(19)13-26-20/h3-13,16,23,29H,14-15H2,1-2H3,(H,27,30)/t16-,23+/m1/s1. The van der Waals surface area contributed by atoms with Crippen molar-refractivity contribution < 1.29 is 24.2 Å². The van der Waals surface area contributed by atoms with Crippen LogP contribution in [0.2, 0.25) is 0 Å². The summed E-state index contributed by atoms with van der Waals surface area (Å²) in [5.74, 6) is -1.30. The average molecular weight is 447 g/mol. The van der Waals surface area contributed by atoms with Gasteiger partial charge in [-0.3, -0.25) is 4.79 Å². The number of rotatable bonds is 8. The molecule has 0 radical (unpaired) electrons. The second kappa shape index (κ2) is 9.81. The summed E-state index contributed by atoms with van der Waals surface area (Å²) in [6.07, 6.45) is 0.457. The van der Waals surface area contributed by atoms with Crippen molar-refractivity contribution in [2.75, 3.05) is 7.11 Å². The predicted molar refractivity (Wildman–Crippen MR) is 123 cm³/mol. The minimum Gasteiger partial charge on any atom is -0.459 e. The molecular weight excluding hydrogens is 422 g/mol. The number of aliphatic hydroxyl groups is 1. The molecule has 0 saturated carbocycles. The van der Waals surface area contributed by atoms with Crippen molar-refractivity contribution in [3.05, 3.63) is 78.1 Å². The number of benzene rings is 2. The van der Waals surface area contributed by atoms with E-state index in [0.717, 1.165) is 27.4 Å². The van der Waals surface area contributed by atoms with Gasteiger partial charge in [0.15, 0.2) is 6.04 Å². The van der Waals surface area contributed by atoms with Crippen LogP contribution in [-0.2, 0) is 27.6 Å². The molecule has 4 aromatic rings. The first kappa shape index (κ1) is 22.4. The minimum absolute atomic E-state index is 0.0436. The summed E-state index contributed by atoms with van der Waals surface area (Å²) >= 11 is 0. The number of hydrogen-bond acceptors (Lipinski definition) is 6. The number of aliphatic hydroxyl groups excluding tert-OH is 1. The lowest BCUT2D eigenvalue weighted by atomic mass is 10.1. The molecule has 0 unspecified atom stereocenters. The summed E-state index contributed by atoms with van der Waals surface area (Å²) in [4.78, 5) is 29.8. The SMILES string of the molecule is COCn1c2ccccc2c2cc(C(=O)N[C@H](C(=O)OCc3ccccc3)[C@@H](C)O)ncc21. The van der Waals surface area contributed by atoms with Crippen molar-refractivity contribution in [3.63, 3.8) is 0 Å². The predicted octanol–water partition coefficient (Wildman–Crippen LogP) is 3.02. The molecule has 0 aliphatic carbocycles. The molecule has 0 bridgehead atoms. The van der Waals surface area contributed by atoms with Crippen molar-refractivity contribution in [2.24, 2.45) is 0 Å². The number of amides is 1. The Hall–Kier alpha value is -3.75. The quantitative estimate of drug-likeness (QED) is 0.403. The number of para-hydroxylation sites is 1. The summed E-state index contributed by atoms with van der Waals surface area (Å²) in [7, 11) is 1.61. The first-order valence-corrected chi connectivity index (χ1v) is 10.5. The Labute approximate surface area is 190 Å². The van der Waals surface area contributed by atoms with Crippen molar-refractivity contribution in [2.45, 2.75) is 32.4 Å². The van der Waals surface area contributed by atoms with Gasteiger partial charge < -0.3 is 24.5 Å². The number of hydrogen-bond donors (Lipinski definition) is 2. The lowest BCUT2D eigenvalue weighted by Gasteiger charge is -2.20. The molecule has 33 heavy (non-hydrogen) atoms.